The molecule has 0 spiro atoms. The van der Waals surface area contributed by atoms with Gasteiger partial charge in [-0.05, 0) is 0 Å². The predicted molar refractivity (Wildman–Crippen MR) is 17.5 cm³/mol. The van der Waals surface area contributed by atoms with E-state index in [4.69, 9.17) is 4.57 Å². The third kappa shape index (κ3) is 9.66. The van der Waals surface area contributed by atoms with E-state index in [-0.39, 0.29) is 44.1 Å². The van der Waals surface area contributed by atoms with E-state index in [0.717, 1.165) is 0 Å². The fourth-order valence-electron chi connectivity index (χ4n) is 0. The maximum atomic E-state index is 8.06. The van der Waals surface area contributed by atoms with Crippen molar-refractivity contribution in [3.8, 4) is 0 Å². The maximum absolute atomic E-state index is 8.06. The van der Waals surface area contributed by atoms with Crippen LogP contribution >= 0.6 is 9.12 Å². The fourth-order valence-corrected chi connectivity index (χ4v) is 0. The summed E-state index contributed by atoms with van der Waals surface area (Å²) < 4.78 is 8.06. The average molecular weight is 316 g/mol. The SMILES string of the molecule is O=P.[Co].[PbH2]. The first-order valence-corrected chi connectivity index (χ1v) is 0.612. The summed E-state index contributed by atoms with van der Waals surface area (Å²) in [6.45, 7) is 0. The van der Waals surface area contributed by atoms with Crippen molar-refractivity contribution in [3.05, 3.63) is 0 Å². The molecule has 0 fully saturated rings. The minimum absolute atomic E-state index is 0. The van der Waals surface area contributed by atoms with Crippen LogP contribution in [0.1, 0.15) is 0 Å². The van der Waals surface area contributed by atoms with Crippen molar-refractivity contribution in [3.63, 3.8) is 0 Å². The summed E-state index contributed by atoms with van der Waals surface area (Å²) in [5.41, 5.74) is 0. The van der Waals surface area contributed by atoms with E-state index >= 15 is 0 Å². The Balaban J connectivity index is -0.00000000500. The summed E-state index contributed by atoms with van der Waals surface area (Å²) in [6, 6.07) is 0. The number of hydrogen-bond acceptors (Lipinski definition) is 1. The van der Waals surface area contributed by atoms with Crippen LogP contribution in [-0.2, 0) is 21.3 Å². The van der Waals surface area contributed by atoms with Gasteiger partial charge < -0.3 is 0 Å². The van der Waals surface area contributed by atoms with Crippen molar-refractivity contribution in [2.45, 2.75) is 0 Å². The number of hydrogen-bond donors (Lipinski definition) is 0. The Morgan fingerprint density at radius 2 is 1.25 bits per heavy atom. The van der Waals surface area contributed by atoms with Crippen LogP contribution in [0.15, 0.2) is 0 Å². The first-order chi connectivity index (χ1) is 1.00. The van der Waals surface area contributed by atoms with Gasteiger partial charge in [0.15, 0.2) is 0 Å². The molecule has 0 heterocycles. The third-order valence-electron chi connectivity index (χ3n) is 0. The molecule has 3 radical (unpaired) electrons. The zero-order valence-electron chi connectivity index (χ0n) is 1.95. The summed E-state index contributed by atoms with van der Waals surface area (Å²) in [5.74, 6) is 0. The summed E-state index contributed by atoms with van der Waals surface area (Å²) >= 11 is 0. The molecule has 0 unspecified atom stereocenters. The Morgan fingerprint density at radius 3 is 1.25 bits per heavy atom. The zero-order valence-corrected chi connectivity index (χ0v) is 9.49. The topological polar surface area (TPSA) is 17.1 Å². The van der Waals surface area contributed by atoms with Crippen LogP contribution < -0.4 is 0 Å². The molecule has 0 aliphatic carbocycles. The quantitative estimate of drug-likeness (QED) is 0.437. The van der Waals surface area contributed by atoms with Crippen LogP contribution in [0.4, 0.5) is 0 Å². The van der Waals surface area contributed by atoms with Crippen LogP contribution in [0, 0.1) is 0 Å². The normalized spacial score (nSPS) is 1.00. The molecular weight excluding hydrogens is 313 g/mol. The van der Waals surface area contributed by atoms with E-state index in [1.54, 1.807) is 9.12 Å². The predicted octanol–water partition coefficient (Wildman–Crippen LogP) is -0.444. The Bertz CT molecular complexity index is 8.00. The van der Waals surface area contributed by atoms with Gasteiger partial charge in [-0.3, -0.25) is 4.57 Å². The van der Waals surface area contributed by atoms with Gasteiger partial charge >= 0.3 is 27.3 Å². The van der Waals surface area contributed by atoms with Crippen molar-refractivity contribution in [1.29, 1.82) is 0 Å². The molecule has 0 atom stereocenters. The molecule has 0 bridgehead atoms. The van der Waals surface area contributed by atoms with E-state index in [2.05, 4.69) is 0 Å². The van der Waals surface area contributed by atoms with Gasteiger partial charge in [-0.25, -0.2) is 0 Å². The first kappa shape index (κ1) is 17.7. The first-order valence-electron chi connectivity index (χ1n) is 0.204. The Kier molecular flexibility index (Phi) is 107. The van der Waals surface area contributed by atoms with Crippen molar-refractivity contribution < 1.29 is 21.3 Å². The second-order valence-corrected chi connectivity index (χ2v) is 0. The number of rotatable bonds is 0. The van der Waals surface area contributed by atoms with E-state index in [0.29, 0.717) is 0 Å². The van der Waals surface area contributed by atoms with Gasteiger partial charge in [0.2, 0.25) is 0 Å². The molecule has 1 nitrogen and oxygen atoms in total. The van der Waals surface area contributed by atoms with Gasteiger partial charge in [0.25, 0.3) is 0 Å². The monoisotopic (exact) mass is 317 g/mol. The van der Waals surface area contributed by atoms with E-state index in [9.17, 15) is 0 Å². The summed E-state index contributed by atoms with van der Waals surface area (Å²) in [7, 11) is 1.72. The fraction of sp³-hybridized carbons (Fsp3) is 0. The molecule has 0 N–H and O–H groups in total. The zero-order chi connectivity index (χ0) is 2.00. The molecule has 4 heavy (non-hydrogen) atoms. The molecule has 0 aromatic carbocycles. The van der Waals surface area contributed by atoms with Crippen LogP contribution in [0.25, 0.3) is 0 Å². The van der Waals surface area contributed by atoms with Crippen LogP contribution in [0.3, 0.4) is 0 Å². The van der Waals surface area contributed by atoms with E-state index < -0.39 is 0 Å². The Hall–Kier alpha value is 1.53. The van der Waals surface area contributed by atoms with Gasteiger partial charge in [0.05, 0.1) is 0 Å². The van der Waals surface area contributed by atoms with Crippen LogP contribution in [-0.4, -0.2) is 27.3 Å². The average Bonchev–Trinajstić information content (AvgIpc) is 1.00. The molecule has 0 saturated heterocycles. The second kappa shape index (κ2) is 24.1. The van der Waals surface area contributed by atoms with E-state index in [1.807, 2.05) is 0 Å². The second-order valence-electron chi connectivity index (χ2n) is 0. The van der Waals surface area contributed by atoms with Gasteiger partial charge in [0, 0.05) is 16.8 Å². The molecular formula is H3CoOPPb. The molecule has 0 saturated carbocycles. The molecule has 4 heteroatoms. The summed E-state index contributed by atoms with van der Waals surface area (Å²) in [6.07, 6.45) is 0. The van der Waals surface area contributed by atoms with Crippen molar-refractivity contribution in [2.24, 2.45) is 0 Å². The van der Waals surface area contributed by atoms with E-state index in [1.165, 1.54) is 0 Å². The molecule has 0 aliphatic heterocycles. The third-order valence-corrected chi connectivity index (χ3v) is 0. The van der Waals surface area contributed by atoms with Gasteiger partial charge in [-0.1, -0.05) is 0 Å². The Morgan fingerprint density at radius 1 is 1.25 bits per heavy atom. The molecule has 27 valence electrons. The summed E-state index contributed by atoms with van der Waals surface area (Å²) in [4.78, 5) is 0. The van der Waals surface area contributed by atoms with Crippen LogP contribution in [0.2, 0.25) is 0 Å². The molecule has 0 aromatic heterocycles. The molecule has 0 aromatic rings. The standard InChI is InChI=1S/Co.HOP.Pb.2H/c;1-2;;;/h;2H;;;. The Labute approximate surface area is 57.5 Å². The van der Waals surface area contributed by atoms with Gasteiger partial charge in [0.1, 0.15) is 9.12 Å². The molecule has 0 amide bonds. The van der Waals surface area contributed by atoms with Gasteiger partial charge in [-0.2, -0.15) is 0 Å². The summed E-state index contributed by atoms with van der Waals surface area (Å²) in [5, 5.41) is 0. The van der Waals surface area contributed by atoms with Gasteiger partial charge in [-0.15, -0.1) is 0 Å². The van der Waals surface area contributed by atoms with Crippen LogP contribution in [0.5, 0.6) is 0 Å². The molecule has 0 aliphatic rings. The molecule has 0 rings (SSSR count). The van der Waals surface area contributed by atoms with Crippen molar-refractivity contribution in [1.82, 2.24) is 0 Å². The van der Waals surface area contributed by atoms with Crippen molar-refractivity contribution in [2.75, 3.05) is 0 Å². The minimum atomic E-state index is 0. The van der Waals surface area contributed by atoms with Crippen molar-refractivity contribution >= 4 is 36.4 Å².